The van der Waals surface area contributed by atoms with Crippen LogP contribution in [0.2, 0.25) is 10.0 Å². The Morgan fingerprint density at radius 1 is 0.931 bits per heavy atom. The molecule has 0 amide bonds. The first-order valence-corrected chi connectivity index (χ1v) is 10.4. The number of rotatable bonds is 5. The largest absolute Gasteiger partial charge is 0.478 e. The summed E-state index contributed by atoms with van der Waals surface area (Å²) in [5.74, 6) is -0.895. The van der Waals surface area contributed by atoms with E-state index in [9.17, 15) is 4.79 Å². The number of hydrogen-bond acceptors (Lipinski definition) is 1. The lowest BCUT2D eigenvalue weighted by Gasteiger charge is -2.11. The maximum atomic E-state index is 11.0. The van der Waals surface area contributed by atoms with Crippen LogP contribution < -0.4 is 0 Å². The van der Waals surface area contributed by atoms with Gasteiger partial charge in [0.25, 0.3) is 0 Å². The van der Waals surface area contributed by atoms with Crippen molar-refractivity contribution in [2.45, 2.75) is 25.7 Å². The second kappa shape index (κ2) is 8.44. The van der Waals surface area contributed by atoms with Gasteiger partial charge in [0.15, 0.2) is 0 Å². The molecular formula is C25H20Cl2O2. The number of aryl methyl sites for hydroxylation is 3. The summed E-state index contributed by atoms with van der Waals surface area (Å²) >= 11 is 12.3. The Morgan fingerprint density at radius 3 is 2.34 bits per heavy atom. The number of benzene rings is 3. The molecule has 146 valence electrons. The molecule has 0 aliphatic heterocycles. The number of carbonyl (C=O) groups is 1. The molecule has 0 atom stereocenters. The van der Waals surface area contributed by atoms with E-state index in [0.29, 0.717) is 15.6 Å². The minimum atomic E-state index is -0.895. The van der Waals surface area contributed by atoms with Crippen LogP contribution in [0, 0.1) is 0 Å². The fourth-order valence-corrected chi connectivity index (χ4v) is 4.52. The van der Waals surface area contributed by atoms with Crippen molar-refractivity contribution in [1.29, 1.82) is 0 Å². The molecule has 3 aromatic rings. The van der Waals surface area contributed by atoms with Crippen LogP contribution in [0.5, 0.6) is 0 Å². The van der Waals surface area contributed by atoms with Gasteiger partial charge in [-0.15, -0.1) is 0 Å². The van der Waals surface area contributed by atoms with Crippen LogP contribution in [-0.4, -0.2) is 11.1 Å². The van der Waals surface area contributed by atoms with E-state index in [4.69, 9.17) is 28.3 Å². The van der Waals surface area contributed by atoms with Crippen molar-refractivity contribution in [3.63, 3.8) is 0 Å². The van der Waals surface area contributed by atoms with E-state index in [1.807, 2.05) is 24.3 Å². The Labute approximate surface area is 180 Å². The molecule has 0 aromatic heterocycles. The van der Waals surface area contributed by atoms with E-state index < -0.39 is 5.97 Å². The molecule has 0 radical (unpaired) electrons. The number of hydrogen-bond donors (Lipinski definition) is 1. The highest BCUT2D eigenvalue weighted by Crippen LogP contribution is 2.37. The summed E-state index contributed by atoms with van der Waals surface area (Å²) in [5, 5.41) is 10.3. The summed E-state index contributed by atoms with van der Waals surface area (Å²) in [4.78, 5) is 11.0. The van der Waals surface area contributed by atoms with Crippen molar-refractivity contribution < 1.29 is 9.90 Å². The number of aromatic carboxylic acids is 1. The maximum absolute atomic E-state index is 11.0. The second-order valence-corrected chi connectivity index (χ2v) is 8.20. The minimum Gasteiger partial charge on any atom is -0.478 e. The van der Waals surface area contributed by atoms with Gasteiger partial charge in [-0.1, -0.05) is 59.6 Å². The Kier molecular flexibility index (Phi) is 5.75. The number of halogens is 2. The van der Waals surface area contributed by atoms with E-state index in [1.54, 1.807) is 18.2 Å². The smallest absolute Gasteiger partial charge is 0.335 e. The first-order chi connectivity index (χ1) is 14.0. The first kappa shape index (κ1) is 19.8. The first-order valence-electron chi connectivity index (χ1n) is 9.59. The second-order valence-electron chi connectivity index (χ2n) is 7.33. The van der Waals surface area contributed by atoms with Crippen molar-refractivity contribution in [1.82, 2.24) is 0 Å². The molecule has 0 saturated carbocycles. The predicted octanol–water partition coefficient (Wildman–Crippen LogP) is 6.96. The minimum absolute atomic E-state index is 0.319. The Hall–Kier alpha value is -2.55. The molecule has 0 heterocycles. The molecule has 0 saturated heterocycles. The quantitative estimate of drug-likeness (QED) is 0.482. The third kappa shape index (κ3) is 4.55. The molecule has 3 aromatic carbocycles. The molecule has 0 fully saturated rings. The molecule has 1 aliphatic rings. The summed E-state index contributed by atoms with van der Waals surface area (Å²) in [6.07, 6.45) is 6.00. The summed E-state index contributed by atoms with van der Waals surface area (Å²) in [6.45, 7) is 0. The molecule has 4 heteroatoms. The molecule has 29 heavy (non-hydrogen) atoms. The van der Waals surface area contributed by atoms with E-state index in [2.05, 4.69) is 24.3 Å². The van der Waals surface area contributed by atoms with Crippen LogP contribution in [-0.2, 0) is 19.3 Å². The molecule has 1 N–H and O–H groups in total. The van der Waals surface area contributed by atoms with Crippen LogP contribution in [0.4, 0.5) is 0 Å². The van der Waals surface area contributed by atoms with Gasteiger partial charge in [0.05, 0.1) is 5.56 Å². The lowest BCUT2D eigenvalue weighted by molar-refractivity contribution is 0.0697. The van der Waals surface area contributed by atoms with Gasteiger partial charge in [-0.3, -0.25) is 0 Å². The van der Waals surface area contributed by atoms with Gasteiger partial charge in [0.1, 0.15) is 0 Å². The van der Waals surface area contributed by atoms with Crippen molar-refractivity contribution in [2.75, 3.05) is 0 Å². The molecular weight excluding hydrogens is 403 g/mol. The number of allylic oxidation sites excluding steroid dienone is 1. The summed E-state index contributed by atoms with van der Waals surface area (Å²) in [6, 6.07) is 19.3. The highest BCUT2D eigenvalue weighted by atomic mass is 35.5. The summed E-state index contributed by atoms with van der Waals surface area (Å²) < 4.78 is 0. The predicted molar refractivity (Wildman–Crippen MR) is 120 cm³/mol. The fraction of sp³-hybridized carbons (Fsp3) is 0.160. The Morgan fingerprint density at radius 2 is 1.66 bits per heavy atom. The summed E-state index contributed by atoms with van der Waals surface area (Å²) in [7, 11) is 0. The monoisotopic (exact) mass is 422 g/mol. The highest BCUT2D eigenvalue weighted by molar-refractivity contribution is 6.34. The summed E-state index contributed by atoms with van der Waals surface area (Å²) in [5.41, 5.74) is 7.83. The normalized spacial score (nSPS) is 14.2. The molecule has 2 nitrogen and oxygen atoms in total. The highest BCUT2D eigenvalue weighted by Gasteiger charge is 2.19. The van der Waals surface area contributed by atoms with Crippen molar-refractivity contribution >= 4 is 40.8 Å². The topological polar surface area (TPSA) is 37.3 Å². The van der Waals surface area contributed by atoms with E-state index >= 15 is 0 Å². The third-order valence-electron chi connectivity index (χ3n) is 5.33. The Balaban J connectivity index is 1.60. The fourth-order valence-electron chi connectivity index (χ4n) is 3.97. The van der Waals surface area contributed by atoms with Crippen molar-refractivity contribution in [2.24, 2.45) is 0 Å². The standard InChI is InChI=1S/C25H20Cl2O2/c26-22-13-17(14-23(27)15-22)12-21-11-10-19-3-1-2-18(24(19)21)7-4-16-5-8-20(9-6-16)25(28)29/h1-3,5-6,8-9,12-15H,4,7,10-11H2,(H,28,29). The molecule has 0 spiro atoms. The number of carboxylic acids is 1. The Bertz CT molecular complexity index is 1080. The molecule has 0 unspecified atom stereocenters. The zero-order valence-electron chi connectivity index (χ0n) is 15.8. The van der Waals surface area contributed by atoms with Gasteiger partial charge >= 0.3 is 5.97 Å². The van der Waals surface area contributed by atoms with Crippen LogP contribution in [0.3, 0.4) is 0 Å². The van der Waals surface area contributed by atoms with Gasteiger partial charge in [-0.05, 0) is 89.4 Å². The van der Waals surface area contributed by atoms with E-state index in [-0.39, 0.29) is 0 Å². The van der Waals surface area contributed by atoms with Gasteiger partial charge in [0, 0.05) is 10.0 Å². The molecule has 1 aliphatic carbocycles. The zero-order valence-corrected chi connectivity index (χ0v) is 17.3. The zero-order chi connectivity index (χ0) is 20.4. The van der Waals surface area contributed by atoms with Crippen molar-refractivity contribution in [3.05, 3.63) is 104 Å². The maximum Gasteiger partial charge on any atom is 0.335 e. The SMILES string of the molecule is O=C(O)c1ccc(CCc2cccc3c2C(=Cc2cc(Cl)cc(Cl)c2)CC3)cc1. The van der Waals surface area contributed by atoms with Crippen molar-refractivity contribution in [3.8, 4) is 0 Å². The lowest BCUT2D eigenvalue weighted by atomic mass is 9.94. The average Bonchev–Trinajstić information content (AvgIpc) is 3.09. The van der Waals surface area contributed by atoms with Gasteiger partial charge in [0.2, 0.25) is 0 Å². The van der Waals surface area contributed by atoms with Gasteiger partial charge in [-0.25, -0.2) is 4.79 Å². The van der Waals surface area contributed by atoms with Crippen LogP contribution in [0.15, 0.2) is 60.7 Å². The lowest BCUT2D eigenvalue weighted by Crippen LogP contribution is -1.99. The van der Waals surface area contributed by atoms with Crippen LogP contribution in [0.25, 0.3) is 11.6 Å². The van der Waals surface area contributed by atoms with E-state index in [1.165, 1.54) is 22.3 Å². The molecule has 4 rings (SSSR count). The van der Waals surface area contributed by atoms with E-state index in [0.717, 1.165) is 36.8 Å². The molecule has 0 bridgehead atoms. The number of fused-ring (bicyclic) bond motifs is 1. The van der Waals surface area contributed by atoms with Crippen LogP contribution >= 0.6 is 23.2 Å². The van der Waals surface area contributed by atoms with Crippen LogP contribution in [0.1, 0.15) is 44.6 Å². The van der Waals surface area contributed by atoms with Gasteiger partial charge < -0.3 is 5.11 Å². The average molecular weight is 423 g/mol. The van der Waals surface area contributed by atoms with Gasteiger partial charge in [-0.2, -0.15) is 0 Å². The number of carboxylic acid groups (broad SMARTS) is 1. The third-order valence-corrected chi connectivity index (χ3v) is 5.77.